The number of benzene rings is 1. The number of rotatable bonds is 3. The number of fused-ring (bicyclic) bond motifs is 2. The molecule has 0 aliphatic carbocycles. The predicted octanol–water partition coefficient (Wildman–Crippen LogP) is 4.20. The van der Waals surface area contributed by atoms with Gasteiger partial charge in [-0.1, -0.05) is 24.3 Å². The number of oxazole rings is 1. The van der Waals surface area contributed by atoms with Gasteiger partial charge in [-0.25, -0.2) is 16.5 Å². The molecule has 3 aromatic heterocycles. The van der Waals surface area contributed by atoms with Crippen LogP contribution < -0.4 is 0 Å². The van der Waals surface area contributed by atoms with Gasteiger partial charge >= 0.3 is 5.54 Å². The fraction of sp³-hybridized carbons (Fsp3) is 0.292. The maximum Gasteiger partial charge on any atom is 0.301 e. The van der Waals surface area contributed by atoms with Crippen molar-refractivity contribution in [3.05, 3.63) is 88.6 Å². The van der Waals surface area contributed by atoms with Gasteiger partial charge in [0.25, 0.3) is 11.8 Å². The second-order valence-corrected chi connectivity index (χ2v) is 8.45. The summed E-state index contributed by atoms with van der Waals surface area (Å²) < 4.78 is 5.84. The highest BCUT2D eigenvalue weighted by molar-refractivity contribution is 5.93. The molecule has 0 saturated heterocycles. The SMILES string of the molecule is [C-]#[N+]C(C)(C)c1nc(C)c(C(=O)N2CCc3[nH]cnc3[C@H]2c2ccc3ccccc3n2)o1. The molecule has 32 heavy (non-hydrogen) atoms. The normalized spacial score (nSPS) is 16.1. The second kappa shape index (κ2) is 7.31. The third kappa shape index (κ3) is 3.14. The molecule has 8 nitrogen and oxygen atoms in total. The summed E-state index contributed by atoms with van der Waals surface area (Å²) in [5, 5.41) is 1.03. The first-order valence-electron chi connectivity index (χ1n) is 10.4. The minimum Gasteiger partial charge on any atom is -0.428 e. The Balaban J connectivity index is 1.60. The van der Waals surface area contributed by atoms with Gasteiger partial charge in [0.2, 0.25) is 5.76 Å². The summed E-state index contributed by atoms with van der Waals surface area (Å²) in [6, 6.07) is 11.4. The Morgan fingerprint density at radius 1 is 1.25 bits per heavy atom. The van der Waals surface area contributed by atoms with Crippen molar-refractivity contribution in [2.75, 3.05) is 6.54 Å². The van der Waals surface area contributed by atoms with Crippen molar-refractivity contribution in [1.29, 1.82) is 0 Å². The number of H-pyrrole nitrogens is 1. The number of aromatic amines is 1. The predicted molar refractivity (Wildman–Crippen MR) is 118 cm³/mol. The molecule has 1 aliphatic rings. The van der Waals surface area contributed by atoms with Gasteiger partial charge in [0.15, 0.2) is 0 Å². The highest BCUT2D eigenvalue weighted by Gasteiger charge is 2.40. The molecule has 4 aromatic rings. The number of imidazole rings is 1. The highest BCUT2D eigenvalue weighted by Crippen LogP contribution is 2.35. The van der Waals surface area contributed by atoms with E-state index in [4.69, 9.17) is 16.0 Å². The lowest BCUT2D eigenvalue weighted by Gasteiger charge is -2.34. The molecule has 4 heterocycles. The van der Waals surface area contributed by atoms with E-state index < -0.39 is 11.6 Å². The van der Waals surface area contributed by atoms with Crippen LogP contribution in [0.4, 0.5) is 0 Å². The third-order valence-electron chi connectivity index (χ3n) is 5.88. The molecule has 1 amide bonds. The van der Waals surface area contributed by atoms with Gasteiger partial charge in [-0.3, -0.25) is 9.78 Å². The summed E-state index contributed by atoms with van der Waals surface area (Å²) in [6.07, 6.45) is 2.31. The smallest absolute Gasteiger partial charge is 0.301 e. The second-order valence-electron chi connectivity index (χ2n) is 8.45. The Hall–Kier alpha value is -3.99. The average molecular weight is 426 g/mol. The van der Waals surface area contributed by atoms with E-state index in [1.54, 1.807) is 32.0 Å². The molecule has 1 atom stereocenters. The van der Waals surface area contributed by atoms with Crippen molar-refractivity contribution in [2.24, 2.45) is 0 Å². The summed E-state index contributed by atoms with van der Waals surface area (Å²) in [7, 11) is 0. The summed E-state index contributed by atoms with van der Waals surface area (Å²) >= 11 is 0. The Morgan fingerprint density at radius 2 is 2.06 bits per heavy atom. The molecule has 0 fully saturated rings. The summed E-state index contributed by atoms with van der Waals surface area (Å²) in [6.45, 7) is 13.1. The largest absolute Gasteiger partial charge is 0.428 e. The fourth-order valence-electron chi connectivity index (χ4n) is 4.06. The zero-order valence-electron chi connectivity index (χ0n) is 18.1. The van der Waals surface area contributed by atoms with E-state index in [1.165, 1.54) is 0 Å². The molecule has 8 heteroatoms. The fourth-order valence-corrected chi connectivity index (χ4v) is 4.06. The Kier molecular flexibility index (Phi) is 4.55. The van der Waals surface area contributed by atoms with Crippen LogP contribution in [0.15, 0.2) is 47.1 Å². The number of nitrogens with one attached hydrogen (secondary N) is 1. The quantitative estimate of drug-likeness (QED) is 0.496. The molecular weight excluding hydrogens is 404 g/mol. The van der Waals surface area contributed by atoms with Crippen LogP contribution in [-0.4, -0.2) is 37.3 Å². The van der Waals surface area contributed by atoms with Crippen molar-refractivity contribution >= 4 is 16.8 Å². The molecule has 0 bridgehead atoms. The molecule has 5 rings (SSSR count). The monoisotopic (exact) mass is 426 g/mol. The van der Waals surface area contributed by atoms with E-state index in [0.717, 1.165) is 28.0 Å². The van der Waals surface area contributed by atoms with E-state index in [0.29, 0.717) is 18.7 Å². The van der Waals surface area contributed by atoms with Gasteiger partial charge < -0.3 is 19.1 Å². The first-order valence-corrected chi connectivity index (χ1v) is 10.4. The number of amides is 1. The number of pyridine rings is 1. The average Bonchev–Trinajstić information content (AvgIpc) is 3.44. The van der Waals surface area contributed by atoms with Crippen LogP contribution >= 0.6 is 0 Å². The first kappa shape index (κ1) is 19.9. The van der Waals surface area contributed by atoms with Gasteiger partial charge in [0.1, 0.15) is 6.04 Å². The lowest BCUT2D eigenvalue weighted by Crippen LogP contribution is -2.41. The van der Waals surface area contributed by atoms with Crippen LogP contribution in [0.1, 0.15) is 59.1 Å². The molecule has 160 valence electrons. The van der Waals surface area contributed by atoms with Gasteiger partial charge in [0.05, 0.1) is 28.9 Å². The number of nitrogens with zero attached hydrogens (tertiary/aromatic N) is 5. The summed E-state index contributed by atoms with van der Waals surface area (Å²) in [4.78, 5) is 35.9. The topological polar surface area (TPSA) is 92.3 Å². The minimum absolute atomic E-state index is 0.154. The summed E-state index contributed by atoms with van der Waals surface area (Å²) in [5.41, 5.74) is 2.91. The third-order valence-corrected chi connectivity index (χ3v) is 5.88. The Bertz CT molecular complexity index is 1380. The number of hydrogen-bond acceptors (Lipinski definition) is 5. The maximum absolute atomic E-state index is 13.7. The number of carbonyl (C=O) groups excluding carboxylic acids is 1. The van der Waals surface area contributed by atoms with Crippen LogP contribution in [0, 0.1) is 13.5 Å². The molecule has 1 N–H and O–H groups in total. The van der Waals surface area contributed by atoms with E-state index in [1.807, 2.05) is 36.4 Å². The van der Waals surface area contributed by atoms with Gasteiger partial charge in [-0.05, 0) is 19.1 Å². The number of carbonyl (C=O) groups is 1. The molecule has 0 radical (unpaired) electrons. The van der Waals surface area contributed by atoms with E-state index in [2.05, 4.69) is 19.8 Å². The van der Waals surface area contributed by atoms with Crippen LogP contribution in [0.3, 0.4) is 0 Å². The van der Waals surface area contributed by atoms with E-state index >= 15 is 0 Å². The Morgan fingerprint density at radius 3 is 2.88 bits per heavy atom. The molecule has 0 unspecified atom stereocenters. The van der Waals surface area contributed by atoms with Gasteiger partial charge in [-0.15, -0.1) is 0 Å². The van der Waals surface area contributed by atoms with Crippen molar-refractivity contribution in [3.63, 3.8) is 0 Å². The number of hydrogen-bond donors (Lipinski definition) is 1. The number of aryl methyl sites for hydroxylation is 1. The van der Waals surface area contributed by atoms with Gasteiger partial charge in [0, 0.05) is 37.9 Å². The molecule has 1 aromatic carbocycles. The maximum atomic E-state index is 13.7. The Labute approximate surface area is 185 Å². The van der Waals surface area contributed by atoms with E-state index in [-0.39, 0.29) is 17.6 Å². The van der Waals surface area contributed by atoms with Gasteiger partial charge in [-0.2, -0.15) is 0 Å². The molecular formula is C24H22N6O2. The van der Waals surface area contributed by atoms with Crippen LogP contribution in [0.5, 0.6) is 0 Å². The summed E-state index contributed by atoms with van der Waals surface area (Å²) in [5.74, 6) is 0.114. The number of aromatic nitrogens is 4. The van der Waals surface area contributed by atoms with Crippen LogP contribution in [0.25, 0.3) is 15.7 Å². The minimum atomic E-state index is -0.945. The highest BCUT2D eigenvalue weighted by atomic mass is 16.4. The van der Waals surface area contributed by atoms with Crippen molar-refractivity contribution in [2.45, 2.75) is 38.8 Å². The lowest BCUT2D eigenvalue weighted by atomic mass is 9.98. The van der Waals surface area contributed by atoms with Crippen LogP contribution in [-0.2, 0) is 12.0 Å². The molecule has 1 aliphatic heterocycles. The van der Waals surface area contributed by atoms with E-state index in [9.17, 15) is 4.79 Å². The van der Waals surface area contributed by atoms with Crippen molar-refractivity contribution in [1.82, 2.24) is 24.8 Å². The zero-order valence-corrected chi connectivity index (χ0v) is 18.1. The zero-order chi connectivity index (χ0) is 22.5. The van der Waals surface area contributed by atoms with Crippen LogP contribution in [0.2, 0.25) is 0 Å². The lowest BCUT2D eigenvalue weighted by molar-refractivity contribution is 0.0650. The standard InChI is InChI=1S/C24H22N6O2/c1-14-21(32-23(28-14)24(2,3)25-4)22(31)30-12-11-17-19(27-13-26-17)20(30)18-10-9-15-7-5-6-8-16(15)29-18/h5-10,13,20H,11-12H2,1-3H3,(H,26,27)/t20-/m1/s1. The number of para-hydroxylation sites is 1. The molecule has 0 spiro atoms. The first-order chi connectivity index (χ1) is 15.4. The molecule has 0 saturated carbocycles. The van der Waals surface area contributed by atoms with Crippen molar-refractivity contribution in [3.8, 4) is 0 Å². The van der Waals surface area contributed by atoms with Crippen molar-refractivity contribution < 1.29 is 9.21 Å².